The highest BCUT2D eigenvalue weighted by Gasteiger charge is 2.30. The van der Waals surface area contributed by atoms with Gasteiger partial charge in [0.25, 0.3) is 10.1 Å². The van der Waals surface area contributed by atoms with E-state index in [2.05, 4.69) is 36.4 Å². The summed E-state index contributed by atoms with van der Waals surface area (Å²) in [5.74, 6) is 0. The van der Waals surface area contributed by atoms with E-state index in [9.17, 15) is 13.0 Å². The number of nitrogens with zero attached hydrogens (tertiary/aromatic N) is 4. The van der Waals surface area contributed by atoms with Crippen molar-refractivity contribution in [1.82, 2.24) is 19.6 Å². The van der Waals surface area contributed by atoms with Crippen LogP contribution in [-0.2, 0) is 23.0 Å². The highest BCUT2D eigenvalue weighted by atomic mass is 35.5. The monoisotopic (exact) mass is 772 g/mol. The van der Waals surface area contributed by atoms with Gasteiger partial charge < -0.3 is 0 Å². The average Bonchev–Trinajstić information content (AvgIpc) is 3.83. The van der Waals surface area contributed by atoms with Crippen molar-refractivity contribution >= 4 is 68.7 Å². The molecule has 0 spiro atoms. The van der Waals surface area contributed by atoms with E-state index in [1.54, 1.807) is 28.9 Å². The van der Waals surface area contributed by atoms with Crippen LogP contribution in [0, 0.1) is 0 Å². The molecule has 0 aliphatic heterocycles. The van der Waals surface area contributed by atoms with E-state index in [0.29, 0.717) is 32.2 Å². The molecule has 8 rings (SSSR count). The number of unbranched alkanes of at least 4 members (excludes halogenated alkanes) is 2. The second-order valence-electron chi connectivity index (χ2n) is 12.5. The fourth-order valence-electron chi connectivity index (χ4n) is 6.90. The molecule has 0 bridgehead atoms. The third-order valence-electron chi connectivity index (χ3n) is 9.23. The quantitative estimate of drug-likeness (QED) is 0.116. The van der Waals surface area contributed by atoms with Crippen LogP contribution in [0.4, 0.5) is 0 Å². The first-order chi connectivity index (χ1) is 24.6. The zero-order valence-electron chi connectivity index (χ0n) is 26.8. The normalized spacial score (nSPS) is 13.3. The van der Waals surface area contributed by atoms with Gasteiger partial charge in [-0.2, -0.15) is 18.6 Å². The Kier molecular flexibility index (Phi) is 8.95. The van der Waals surface area contributed by atoms with Crippen molar-refractivity contribution in [3.05, 3.63) is 145 Å². The lowest BCUT2D eigenvalue weighted by Gasteiger charge is -2.10. The van der Waals surface area contributed by atoms with Crippen LogP contribution in [0.1, 0.15) is 52.9 Å². The van der Waals surface area contributed by atoms with Crippen molar-refractivity contribution < 1.29 is 13.0 Å². The summed E-state index contributed by atoms with van der Waals surface area (Å²) in [6, 6.07) is 23.7. The first-order valence-corrected chi connectivity index (χ1v) is 19.2. The van der Waals surface area contributed by atoms with Crippen molar-refractivity contribution in [2.75, 3.05) is 0 Å². The van der Waals surface area contributed by atoms with E-state index in [4.69, 9.17) is 56.6 Å². The molecular weight excluding hydrogens is 746 g/mol. The summed E-state index contributed by atoms with van der Waals surface area (Å²) < 4.78 is 37.1. The predicted octanol–water partition coefficient (Wildman–Crippen LogP) is 11.0. The van der Waals surface area contributed by atoms with Crippen molar-refractivity contribution in [3.8, 4) is 33.9 Å². The number of halogens is 4. The van der Waals surface area contributed by atoms with E-state index in [1.807, 2.05) is 35.0 Å². The Balaban J connectivity index is 1.02. The number of allylic oxidation sites excluding steroid dienone is 2. The zero-order valence-corrected chi connectivity index (χ0v) is 30.7. The number of benzene rings is 4. The van der Waals surface area contributed by atoms with Crippen molar-refractivity contribution in [2.24, 2.45) is 0 Å². The number of aromatic nitrogens is 4. The summed E-state index contributed by atoms with van der Waals surface area (Å²) in [6.07, 6.45) is 12.2. The lowest BCUT2D eigenvalue weighted by molar-refractivity contribution is 0.483. The number of hydrogen-bond donors (Lipinski definition) is 1. The first-order valence-electron chi connectivity index (χ1n) is 16.2. The topological polar surface area (TPSA) is 90.0 Å². The SMILES string of the molecule is O=S(=O)(O)c1ccc2c(c1)Cc1c(/C=C/CCC/C=C/c3nn(-c4ccc(Cl)cc4Cl)c4c3Cc3ccccc3-4)nn(-c3ccc(Cl)cc3Cl)c1-2. The van der Waals surface area contributed by atoms with Gasteiger partial charge in [-0.05, 0) is 91.1 Å². The van der Waals surface area contributed by atoms with Gasteiger partial charge in [0, 0.05) is 45.1 Å². The fourth-order valence-corrected chi connectivity index (χ4v) is 8.40. The fraction of sp³-hybridized carbons (Fsp3) is 0.128. The van der Waals surface area contributed by atoms with E-state index >= 15 is 0 Å². The van der Waals surface area contributed by atoms with Gasteiger partial charge in [-0.15, -0.1) is 0 Å². The van der Waals surface area contributed by atoms with Crippen LogP contribution in [0.15, 0.2) is 95.9 Å². The van der Waals surface area contributed by atoms with Crippen LogP contribution < -0.4 is 0 Å². The molecule has 256 valence electrons. The Hall–Kier alpha value is -4.15. The lowest BCUT2D eigenvalue weighted by Crippen LogP contribution is -2.02. The van der Waals surface area contributed by atoms with Crippen LogP contribution in [0.25, 0.3) is 46.0 Å². The zero-order chi connectivity index (χ0) is 35.4. The molecule has 1 N–H and O–H groups in total. The molecule has 2 heterocycles. The summed E-state index contributed by atoms with van der Waals surface area (Å²) in [6.45, 7) is 0. The van der Waals surface area contributed by atoms with E-state index in [1.165, 1.54) is 23.3 Å². The molecule has 0 atom stereocenters. The minimum Gasteiger partial charge on any atom is -0.282 e. The molecule has 0 saturated carbocycles. The van der Waals surface area contributed by atoms with Gasteiger partial charge in [0.1, 0.15) is 0 Å². The number of fused-ring (bicyclic) bond motifs is 6. The summed E-state index contributed by atoms with van der Waals surface area (Å²) in [5, 5.41) is 12.0. The molecule has 2 aliphatic carbocycles. The van der Waals surface area contributed by atoms with Crippen LogP contribution in [0.3, 0.4) is 0 Å². The van der Waals surface area contributed by atoms with Gasteiger partial charge in [-0.1, -0.05) is 88.9 Å². The third kappa shape index (κ3) is 6.35. The number of hydrogen-bond acceptors (Lipinski definition) is 4. The van der Waals surface area contributed by atoms with Crippen molar-refractivity contribution in [1.29, 1.82) is 0 Å². The largest absolute Gasteiger partial charge is 0.294 e. The summed E-state index contributed by atoms with van der Waals surface area (Å²) in [4.78, 5) is -0.143. The van der Waals surface area contributed by atoms with Crippen LogP contribution in [-0.4, -0.2) is 32.5 Å². The Morgan fingerprint density at radius 1 is 0.667 bits per heavy atom. The summed E-state index contributed by atoms with van der Waals surface area (Å²) >= 11 is 25.6. The van der Waals surface area contributed by atoms with Crippen LogP contribution in [0.2, 0.25) is 20.1 Å². The lowest BCUT2D eigenvalue weighted by atomic mass is 10.1. The molecule has 7 nitrogen and oxygen atoms in total. The van der Waals surface area contributed by atoms with Gasteiger partial charge in [-0.3, -0.25) is 4.55 Å². The predicted molar refractivity (Wildman–Crippen MR) is 205 cm³/mol. The molecule has 51 heavy (non-hydrogen) atoms. The Bertz CT molecular complexity index is 2550. The average molecular weight is 775 g/mol. The Labute approximate surface area is 315 Å². The highest BCUT2D eigenvalue weighted by molar-refractivity contribution is 7.85. The highest BCUT2D eigenvalue weighted by Crippen LogP contribution is 2.43. The third-order valence-corrected chi connectivity index (χ3v) is 11.2. The number of rotatable bonds is 9. The minimum absolute atomic E-state index is 0.143. The molecule has 0 amide bonds. The second-order valence-corrected chi connectivity index (χ2v) is 15.6. The summed E-state index contributed by atoms with van der Waals surface area (Å²) in [7, 11) is -4.34. The molecule has 2 aromatic heterocycles. The van der Waals surface area contributed by atoms with Gasteiger partial charge >= 0.3 is 0 Å². The maximum Gasteiger partial charge on any atom is 0.294 e. The molecule has 12 heteroatoms. The van der Waals surface area contributed by atoms with Gasteiger partial charge in [-0.25, -0.2) is 9.36 Å². The van der Waals surface area contributed by atoms with E-state index < -0.39 is 10.1 Å². The summed E-state index contributed by atoms with van der Waals surface area (Å²) in [5.41, 5.74) is 11.2. The Morgan fingerprint density at radius 3 is 1.75 bits per heavy atom. The molecule has 6 aromatic rings. The first kappa shape index (κ1) is 34.0. The maximum atomic E-state index is 11.9. The second kappa shape index (κ2) is 13.4. The van der Waals surface area contributed by atoms with E-state index in [0.717, 1.165) is 76.4 Å². The molecule has 2 aliphatic rings. The van der Waals surface area contributed by atoms with Gasteiger partial charge in [0.15, 0.2) is 0 Å². The van der Waals surface area contributed by atoms with Crippen LogP contribution >= 0.6 is 46.4 Å². The Morgan fingerprint density at radius 2 is 1.20 bits per heavy atom. The van der Waals surface area contributed by atoms with Crippen LogP contribution in [0.5, 0.6) is 0 Å². The molecular formula is C39H28Cl4N4O3S. The molecule has 4 aromatic carbocycles. The molecule has 0 unspecified atom stereocenters. The van der Waals surface area contributed by atoms with E-state index in [-0.39, 0.29) is 4.90 Å². The standard InChI is InChI=1S/C39H28Cl4N4O3S/c40-25-12-16-36(32(42)21-25)46-38-28-9-7-6-8-23(28)19-30(38)34(44-46)10-4-2-1-3-5-11-35-31-20-24-18-27(51(48,49)50)14-15-29(24)39(31)47(45-35)37-17-13-26(41)22-33(37)43/h4-18,21-22H,1-3,19-20H2,(H,48,49,50)/b10-4+,11-5+. The molecule has 0 fully saturated rings. The minimum atomic E-state index is -4.34. The van der Waals surface area contributed by atoms with Gasteiger partial charge in [0.05, 0.1) is 49.1 Å². The molecule has 0 radical (unpaired) electrons. The van der Waals surface area contributed by atoms with Gasteiger partial charge in [0.2, 0.25) is 0 Å². The molecule has 0 saturated heterocycles. The maximum absolute atomic E-state index is 11.9. The van der Waals surface area contributed by atoms with Crippen molar-refractivity contribution in [2.45, 2.75) is 37.0 Å². The smallest absolute Gasteiger partial charge is 0.282 e. The van der Waals surface area contributed by atoms with Crippen molar-refractivity contribution in [3.63, 3.8) is 0 Å².